The van der Waals surface area contributed by atoms with Crippen LogP contribution in [0, 0.1) is 5.92 Å². The molecule has 126 valence electrons. The van der Waals surface area contributed by atoms with Crippen LogP contribution >= 0.6 is 0 Å². The molecule has 0 radical (unpaired) electrons. The van der Waals surface area contributed by atoms with E-state index in [1.165, 1.54) is 5.69 Å². The molecule has 2 aliphatic rings. The molecule has 1 aromatic rings. The second kappa shape index (κ2) is 7.21. The molecule has 2 heterocycles. The van der Waals surface area contributed by atoms with Crippen molar-refractivity contribution in [2.75, 3.05) is 44.7 Å². The van der Waals surface area contributed by atoms with E-state index in [0.29, 0.717) is 11.9 Å². The van der Waals surface area contributed by atoms with E-state index in [1.54, 1.807) is 7.11 Å². The normalized spacial score (nSPS) is 25.3. The van der Waals surface area contributed by atoms with Gasteiger partial charge in [-0.25, -0.2) is 0 Å². The topological polar surface area (TPSA) is 44.8 Å². The van der Waals surface area contributed by atoms with Gasteiger partial charge in [0.2, 0.25) is 5.91 Å². The summed E-state index contributed by atoms with van der Waals surface area (Å²) < 4.78 is 5.30. The van der Waals surface area contributed by atoms with Gasteiger partial charge in [-0.15, -0.1) is 0 Å². The molecule has 0 unspecified atom stereocenters. The zero-order valence-corrected chi connectivity index (χ0v) is 14.1. The molecule has 0 saturated carbocycles. The largest absolute Gasteiger partial charge is 0.497 e. The minimum atomic E-state index is 0.203. The maximum absolute atomic E-state index is 12.7. The molecule has 0 bridgehead atoms. The number of benzene rings is 1. The molecule has 5 heteroatoms. The van der Waals surface area contributed by atoms with E-state index in [0.717, 1.165) is 51.3 Å². The van der Waals surface area contributed by atoms with Crippen molar-refractivity contribution >= 4 is 11.6 Å². The highest BCUT2D eigenvalue weighted by atomic mass is 16.5. The first-order valence-corrected chi connectivity index (χ1v) is 8.58. The molecule has 1 aromatic carbocycles. The van der Waals surface area contributed by atoms with Crippen LogP contribution in [0.3, 0.4) is 0 Å². The number of hydrogen-bond acceptors (Lipinski definition) is 4. The summed E-state index contributed by atoms with van der Waals surface area (Å²) >= 11 is 0. The number of hydrogen-bond donors (Lipinski definition) is 1. The predicted octanol–water partition coefficient (Wildman–Crippen LogP) is 1.73. The molecule has 0 spiro atoms. The summed E-state index contributed by atoms with van der Waals surface area (Å²) in [4.78, 5) is 17.1. The van der Waals surface area contributed by atoms with Crippen molar-refractivity contribution in [1.29, 1.82) is 0 Å². The van der Waals surface area contributed by atoms with Crippen LogP contribution in [0.5, 0.6) is 5.75 Å². The lowest BCUT2D eigenvalue weighted by Gasteiger charge is -2.39. The smallest absolute Gasteiger partial charge is 0.225 e. The fourth-order valence-electron chi connectivity index (χ4n) is 3.61. The quantitative estimate of drug-likeness (QED) is 0.922. The lowest BCUT2D eigenvalue weighted by atomic mass is 9.92. The van der Waals surface area contributed by atoms with Crippen LogP contribution in [0.2, 0.25) is 0 Å². The van der Waals surface area contributed by atoms with Crippen molar-refractivity contribution in [1.82, 2.24) is 10.2 Å². The van der Waals surface area contributed by atoms with Crippen LogP contribution in [0.15, 0.2) is 24.3 Å². The van der Waals surface area contributed by atoms with Crippen molar-refractivity contribution < 1.29 is 9.53 Å². The molecule has 1 N–H and O–H groups in total. The van der Waals surface area contributed by atoms with Gasteiger partial charge in [0, 0.05) is 49.9 Å². The number of piperidine rings is 1. The van der Waals surface area contributed by atoms with Gasteiger partial charge < -0.3 is 19.9 Å². The van der Waals surface area contributed by atoms with Gasteiger partial charge in [0.1, 0.15) is 5.75 Å². The van der Waals surface area contributed by atoms with Crippen molar-refractivity contribution in [3.8, 4) is 5.75 Å². The summed E-state index contributed by atoms with van der Waals surface area (Å²) in [7, 11) is 1.69. The Labute approximate surface area is 138 Å². The Morgan fingerprint density at radius 2 is 2.04 bits per heavy atom. The average Bonchev–Trinajstić information content (AvgIpc) is 2.61. The molecule has 2 saturated heterocycles. The molecule has 2 aliphatic heterocycles. The number of nitrogens with zero attached hydrogens (tertiary/aromatic N) is 2. The summed E-state index contributed by atoms with van der Waals surface area (Å²) in [6.07, 6.45) is 1.94. The predicted molar refractivity (Wildman–Crippen MR) is 92.0 cm³/mol. The van der Waals surface area contributed by atoms with Crippen molar-refractivity contribution in [2.45, 2.75) is 25.8 Å². The fourth-order valence-corrected chi connectivity index (χ4v) is 3.61. The molecule has 0 aromatic heterocycles. The highest BCUT2D eigenvalue weighted by molar-refractivity contribution is 5.79. The number of piperazine rings is 1. The Morgan fingerprint density at radius 1 is 1.26 bits per heavy atom. The van der Waals surface area contributed by atoms with Gasteiger partial charge in [-0.2, -0.15) is 0 Å². The van der Waals surface area contributed by atoms with Gasteiger partial charge in [0.25, 0.3) is 0 Å². The summed E-state index contributed by atoms with van der Waals surface area (Å²) in [5, 5.41) is 3.42. The molecule has 1 amide bonds. The standard InChI is InChI=1S/C18H27N3O2/c1-14-12-15(6-7-19-14)18(22)21-10-8-20(9-11-21)16-4-3-5-17(13-16)23-2/h3-5,13-15,19H,6-12H2,1-2H3/t14-,15-/m0/s1. The second-order valence-electron chi connectivity index (χ2n) is 6.59. The van der Waals surface area contributed by atoms with Crippen molar-refractivity contribution in [3.63, 3.8) is 0 Å². The third-order valence-electron chi connectivity index (χ3n) is 4.98. The molecule has 3 rings (SSSR count). The summed E-state index contributed by atoms with van der Waals surface area (Å²) in [5.74, 6) is 1.43. The van der Waals surface area contributed by atoms with Gasteiger partial charge in [0.15, 0.2) is 0 Å². The molecule has 23 heavy (non-hydrogen) atoms. The van der Waals surface area contributed by atoms with Crippen LogP contribution in [0.1, 0.15) is 19.8 Å². The van der Waals surface area contributed by atoms with Crippen molar-refractivity contribution in [2.24, 2.45) is 5.92 Å². The number of carbonyl (C=O) groups is 1. The van der Waals surface area contributed by atoms with E-state index in [9.17, 15) is 4.79 Å². The van der Waals surface area contributed by atoms with Gasteiger partial charge in [0.05, 0.1) is 7.11 Å². The minimum Gasteiger partial charge on any atom is -0.497 e. The number of ether oxygens (including phenoxy) is 1. The number of nitrogens with one attached hydrogen (secondary N) is 1. The highest BCUT2D eigenvalue weighted by Gasteiger charge is 2.30. The minimum absolute atomic E-state index is 0.203. The number of methoxy groups -OCH3 is 1. The van der Waals surface area contributed by atoms with Gasteiger partial charge in [-0.1, -0.05) is 6.07 Å². The van der Waals surface area contributed by atoms with E-state index in [-0.39, 0.29) is 5.92 Å². The molecular weight excluding hydrogens is 290 g/mol. The van der Waals surface area contributed by atoms with Crippen LogP contribution < -0.4 is 15.0 Å². The van der Waals surface area contributed by atoms with Crippen LogP contribution in [0.4, 0.5) is 5.69 Å². The third kappa shape index (κ3) is 3.78. The maximum atomic E-state index is 12.7. The molecule has 2 atom stereocenters. The maximum Gasteiger partial charge on any atom is 0.225 e. The number of carbonyl (C=O) groups excluding carboxylic acids is 1. The molecule has 5 nitrogen and oxygen atoms in total. The van der Waals surface area contributed by atoms with E-state index in [1.807, 2.05) is 12.1 Å². The van der Waals surface area contributed by atoms with E-state index < -0.39 is 0 Å². The zero-order valence-electron chi connectivity index (χ0n) is 14.1. The molecule has 2 fully saturated rings. The monoisotopic (exact) mass is 317 g/mol. The van der Waals surface area contributed by atoms with Crippen molar-refractivity contribution in [3.05, 3.63) is 24.3 Å². The second-order valence-corrected chi connectivity index (χ2v) is 6.59. The Bertz CT molecular complexity index is 541. The average molecular weight is 317 g/mol. The summed E-state index contributed by atoms with van der Waals surface area (Å²) in [6, 6.07) is 8.60. The molecular formula is C18H27N3O2. The van der Waals surface area contributed by atoms with Gasteiger partial charge >= 0.3 is 0 Å². The lowest BCUT2D eigenvalue weighted by Crippen LogP contribution is -2.52. The Kier molecular flexibility index (Phi) is 5.06. The molecule has 0 aliphatic carbocycles. The SMILES string of the molecule is COc1cccc(N2CCN(C(=O)[C@H]3CCN[C@@H](C)C3)CC2)c1. The summed E-state index contributed by atoms with van der Waals surface area (Å²) in [6.45, 7) is 6.53. The number of anilines is 1. The summed E-state index contributed by atoms with van der Waals surface area (Å²) in [5.41, 5.74) is 1.17. The Hall–Kier alpha value is -1.75. The van der Waals surface area contributed by atoms with E-state index in [4.69, 9.17) is 4.74 Å². The first kappa shape index (κ1) is 16.1. The highest BCUT2D eigenvalue weighted by Crippen LogP contribution is 2.24. The number of rotatable bonds is 3. The zero-order chi connectivity index (χ0) is 16.2. The lowest BCUT2D eigenvalue weighted by molar-refractivity contribution is -0.137. The van der Waals surface area contributed by atoms with Gasteiger partial charge in [-0.05, 0) is 38.4 Å². The van der Waals surface area contributed by atoms with Crippen LogP contribution in [-0.2, 0) is 4.79 Å². The first-order valence-electron chi connectivity index (χ1n) is 8.58. The van der Waals surface area contributed by atoms with E-state index >= 15 is 0 Å². The van der Waals surface area contributed by atoms with E-state index in [2.05, 4.69) is 34.2 Å². The van der Waals surface area contributed by atoms with Crippen LogP contribution in [0.25, 0.3) is 0 Å². The van der Waals surface area contributed by atoms with Gasteiger partial charge in [-0.3, -0.25) is 4.79 Å². The fraction of sp³-hybridized carbons (Fsp3) is 0.611. The van der Waals surface area contributed by atoms with Crippen LogP contribution in [-0.4, -0.2) is 56.7 Å². The first-order chi connectivity index (χ1) is 11.2. The number of amides is 1. The Balaban J connectivity index is 1.56. The Morgan fingerprint density at radius 3 is 2.74 bits per heavy atom. The third-order valence-corrected chi connectivity index (χ3v) is 4.98.